The number of rotatable bonds is 4. The molecule has 8 heteroatoms. The molecule has 6 nitrogen and oxygen atoms in total. The number of halogens is 1. The van der Waals surface area contributed by atoms with Crippen molar-refractivity contribution >= 4 is 33.2 Å². The molecule has 2 aromatic carbocycles. The van der Waals surface area contributed by atoms with Gasteiger partial charge in [0.2, 0.25) is 15.9 Å². The third-order valence-corrected chi connectivity index (χ3v) is 6.64. The number of carbonyl (C=O) groups is 1. The standard InChI is InChI=1S/C18H19ClN2O4S/c1-13-18(22)20(15-5-7-16(25-2)8-6-15)11-12-21(13)26(23,24)17-9-3-14(19)4-10-17/h3-10,13H,11-12H2,1-2H3/t13-/m1/s1. The van der Waals surface area contributed by atoms with Crippen molar-refractivity contribution in [3.63, 3.8) is 0 Å². The van der Waals surface area contributed by atoms with E-state index in [0.717, 1.165) is 0 Å². The molecular weight excluding hydrogens is 376 g/mol. The van der Waals surface area contributed by atoms with Gasteiger partial charge in [-0.25, -0.2) is 8.42 Å². The molecule has 2 aromatic rings. The number of amides is 1. The van der Waals surface area contributed by atoms with Crippen LogP contribution in [-0.4, -0.2) is 44.9 Å². The Balaban J connectivity index is 1.83. The molecule has 0 aromatic heterocycles. The topological polar surface area (TPSA) is 66.9 Å². The first-order valence-electron chi connectivity index (χ1n) is 8.07. The zero-order valence-electron chi connectivity index (χ0n) is 14.4. The summed E-state index contributed by atoms with van der Waals surface area (Å²) >= 11 is 5.83. The largest absolute Gasteiger partial charge is 0.497 e. The van der Waals surface area contributed by atoms with Crippen LogP contribution in [0.4, 0.5) is 5.69 Å². The Hall–Kier alpha value is -2.09. The van der Waals surface area contributed by atoms with Gasteiger partial charge in [-0.3, -0.25) is 4.79 Å². The molecule has 1 fully saturated rings. The number of hydrogen-bond donors (Lipinski definition) is 0. The van der Waals surface area contributed by atoms with Gasteiger partial charge in [-0.05, 0) is 55.5 Å². The Morgan fingerprint density at radius 1 is 1.04 bits per heavy atom. The van der Waals surface area contributed by atoms with Crippen LogP contribution in [0.15, 0.2) is 53.4 Å². The second-order valence-electron chi connectivity index (χ2n) is 5.93. The molecule has 0 saturated carbocycles. The van der Waals surface area contributed by atoms with Crippen LogP contribution in [0.25, 0.3) is 0 Å². The molecule has 0 aliphatic carbocycles. The van der Waals surface area contributed by atoms with Gasteiger partial charge in [0, 0.05) is 23.8 Å². The van der Waals surface area contributed by atoms with Crippen molar-refractivity contribution < 1.29 is 17.9 Å². The van der Waals surface area contributed by atoms with Crippen LogP contribution >= 0.6 is 11.6 Å². The number of hydrogen-bond acceptors (Lipinski definition) is 4. The average molecular weight is 395 g/mol. The summed E-state index contributed by atoms with van der Waals surface area (Å²) in [6.07, 6.45) is 0. The van der Waals surface area contributed by atoms with E-state index in [1.807, 2.05) is 0 Å². The number of piperazine rings is 1. The molecule has 3 rings (SSSR count). The van der Waals surface area contributed by atoms with Crippen LogP contribution in [0.5, 0.6) is 5.75 Å². The lowest BCUT2D eigenvalue weighted by Gasteiger charge is -2.38. The van der Waals surface area contributed by atoms with Crippen molar-refractivity contribution in [2.24, 2.45) is 0 Å². The minimum atomic E-state index is -3.77. The van der Waals surface area contributed by atoms with Crippen LogP contribution in [-0.2, 0) is 14.8 Å². The molecule has 1 aliphatic rings. The molecule has 138 valence electrons. The summed E-state index contributed by atoms with van der Waals surface area (Å²) in [5.41, 5.74) is 0.714. The van der Waals surface area contributed by atoms with Crippen LogP contribution < -0.4 is 9.64 Å². The number of nitrogens with zero attached hydrogens (tertiary/aromatic N) is 2. The quantitative estimate of drug-likeness (QED) is 0.799. The fourth-order valence-corrected chi connectivity index (χ4v) is 4.65. The molecule has 1 amide bonds. The SMILES string of the molecule is COc1ccc(N2CCN(S(=O)(=O)c3ccc(Cl)cc3)[C@H](C)C2=O)cc1. The van der Waals surface area contributed by atoms with E-state index in [1.165, 1.54) is 28.6 Å². The highest BCUT2D eigenvalue weighted by molar-refractivity contribution is 7.89. The van der Waals surface area contributed by atoms with Gasteiger partial charge in [0.1, 0.15) is 11.8 Å². The Morgan fingerprint density at radius 2 is 1.65 bits per heavy atom. The van der Waals surface area contributed by atoms with Gasteiger partial charge >= 0.3 is 0 Å². The van der Waals surface area contributed by atoms with Gasteiger partial charge in [-0.2, -0.15) is 4.31 Å². The summed E-state index contributed by atoms with van der Waals surface area (Å²) in [6.45, 7) is 2.09. The highest BCUT2D eigenvalue weighted by Gasteiger charge is 2.39. The van der Waals surface area contributed by atoms with E-state index >= 15 is 0 Å². The highest BCUT2D eigenvalue weighted by atomic mass is 35.5. The molecule has 0 radical (unpaired) electrons. The monoisotopic (exact) mass is 394 g/mol. The van der Waals surface area contributed by atoms with Gasteiger partial charge in [0.25, 0.3) is 0 Å². The molecule has 1 aliphatic heterocycles. The van der Waals surface area contributed by atoms with E-state index in [0.29, 0.717) is 16.5 Å². The van der Waals surface area contributed by atoms with E-state index < -0.39 is 16.1 Å². The molecule has 0 unspecified atom stereocenters. The van der Waals surface area contributed by atoms with Gasteiger partial charge in [-0.15, -0.1) is 0 Å². The summed E-state index contributed by atoms with van der Waals surface area (Å²) < 4.78 is 32.1. The zero-order chi connectivity index (χ0) is 18.9. The summed E-state index contributed by atoms with van der Waals surface area (Å²) in [5, 5.41) is 0.456. The lowest BCUT2D eigenvalue weighted by molar-refractivity contribution is -0.123. The maximum atomic E-state index is 12.9. The van der Waals surface area contributed by atoms with Gasteiger partial charge in [-0.1, -0.05) is 11.6 Å². The van der Waals surface area contributed by atoms with Crippen LogP contribution in [0.3, 0.4) is 0 Å². The van der Waals surface area contributed by atoms with E-state index in [2.05, 4.69) is 0 Å². The molecular formula is C18H19ClN2O4S. The van der Waals surface area contributed by atoms with E-state index in [1.54, 1.807) is 43.2 Å². The molecule has 1 saturated heterocycles. The molecule has 0 N–H and O–H groups in total. The molecule has 0 spiro atoms. The third-order valence-electron chi connectivity index (χ3n) is 4.40. The van der Waals surface area contributed by atoms with Crippen molar-refractivity contribution in [1.29, 1.82) is 0 Å². The van der Waals surface area contributed by atoms with Crippen molar-refractivity contribution in [1.82, 2.24) is 4.31 Å². The average Bonchev–Trinajstić information content (AvgIpc) is 2.64. The minimum absolute atomic E-state index is 0.124. The van der Waals surface area contributed by atoms with E-state index in [-0.39, 0.29) is 23.9 Å². The number of benzene rings is 2. The Kier molecular flexibility index (Phi) is 5.22. The first kappa shape index (κ1) is 18.7. The fourth-order valence-electron chi connectivity index (χ4n) is 2.94. The number of methoxy groups -OCH3 is 1. The third kappa shape index (κ3) is 3.42. The van der Waals surface area contributed by atoms with E-state index in [9.17, 15) is 13.2 Å². The minimum Gasteiger partial charge on any atom is -0.497 e. The molecule has 1 atom stereocenters. The number of ether oxygens (including phenoxy) is 1. The summed E-state index contributed by atoms with van der Waals surface area (Å²) in [6, 6.07) is 12.2. The number of carbonyl (C=O) groups excluding carboxylic acids is 1. The Morgan fingerprint density at radius 3 is 2.23 bits per heavy atom. The predicted octanol–water partition coefficient (Wildman–Crippen LogP) is 2.77. The zero-order valence-corrected chi connectivity index (χ0v) is 16.0. The van der Waals surface area contributed by atoms with E-state index in [4.69, 9.17) is 16.3 Å². The van der Waals surface area contributed by atoms with Crippen molar-refractivity contribution in [2.75, 3.05) is 25.1 Å². The summed E-state index contributed by atoms with van der Waals surface area (Å²) in [5.74, 6) is 0.428. The Labute approximate surface area is 158 Å². The maximum Gasteiger partial charge on any atom is 0.245 e. The molecule has 1 heterocycles. The normalized spacial score (nSPS) is 18.8. The van der Waals surface area contributed by atoms with Gasteiger partial charge < -0.3 is 9.64 Å². The van der Waals surface area contributed by atoms with Crippen molar-refractivity contribution in [3.8, 4) is 5.75 Å². The predicted molar refractivity (Wildman–Crippen MR) is 100 cm³/mol. The Bertz CT molecular complexity index is 898. The first-order valence-corrected chi connectivity index (χ1v) is 9.89. The first-order chi connectivity index (χ1) is 12.3. The number of anilines is 1. The second-order valence-corrected chi connectivity index (χ2v) is 8.26. The van der Waals surface area contributed by atoms with Crippen LogP contribution in [0.2, 0.25) is 5.02 Å². The summed E-state index contributed by atoms with van der Waals surface area (Å²) in [4.78, 5) is 14.5. The lowest BCUT2D eigenvalue weighted by atomic mass is 10.2. The lowest BCUT2D eigenvalue weighted by Crippen LogP contribution is -2.57. The smallest absolute Gasteiger partial charge is 0.245 e. The van der Waals surface area contributed by atoms with Gasteiger partial charge in [0.15, 0.2) is 0 Å². The molecule has 0 bridgehead atoms. The van der Waals surface area contributed by atoms with Crippen molar-refractivity contribution in [2.45, 2.75) is 17.9 Å². The maximum absolute atomic E-state index is 12.9. The highest BCUT2D eigenvalue weighted by Crippen LogP contribution is 2.27. The second kappa shape index (κ2) is 7.26. The fraction of sp³-hybridized carbons (Fsp3) is 0.278. The molecule has 26 heavy (non-hydrogen) atoms. The summed E-state index contributed by atoms with van der Waals surface area (Å²) in [7, 11) is -2.20. The number of sulfonamides is 1. The van der Waals surface area contributed by atoms with Crippen LogP contribution in [0.1, 0.15) is 6.92 Å². The van der Waals surface area contributed by atoms with Gasteiger partial charge in [0.05, 0.1) is 12.0 Å². The van der Waals surface area contributed by atoms with Crippen molar-refractivity contribution in [3.05, 3.63) is 53.6 Å². The van der Waals surface area contributed by atoms with Crippen LogP contribution in [0, 0.1) is 0 Å².